The number of hydrogen-bond acceptors (Lipinski definition) is 3. The van der Waals surface area contributed by atoms with Crippen molar-refractivity contribution in [2.45, 2.75) is 18.5 Å². The van der Waals surface area contributed by atoms with E-state index in [2.05, 4.69) is 4.98 Å². The summed E-state index contributed by atoms with van der Waals surface area (Å²) in [7, 11) is 0. The van der Waals surface area contributed by atoms with Crippen LogP contribution < -0.4 is 10.5 Å². The number of aromatic nitrogens is 1. The van der Waals surface area contributed by atoms with Crippen LogP contribution in [0, 0.1) is 5.92 Å². The number of Topliss-reactive ketones (excluding diaryl/α,β-unsaturated/α-hetero) is 1. The minimum absolute atomic E-state index is 0.0789. The third kappa shape index (κ3) is 4.09. The number of rotatable bonds is 6. The summed E-state index contributed by atoms with van der Waals surface area (Å²) in [6, 6.07) is 13.3. The minimum atomic E-state index is -4.20. The molecule has 5 nitrogen and oxygen atoms in total. The van der Waals surface area contributed by atoms with Crippen molar-refractivity contribution in [3.63, 3.8) is 0 Å². The van der Waals surface area contributed by atoms with Crippen LogP contribution in [0.1, 0.15) is 38.6 Å². The monoisotopic (exact) mass is 486 g/mol. The molecule has 2 atom stereocenters. The van der Waals surface area contributed by atoms with Crippen molar-refractivity contribution in [3.05, 3.63) is 76.4 Å². The average molecular weight is 487 g/mol. The second-order valence-corrected chi connectivity index (χ2v) is 8.85. The summed E-state index contributed by atoms with van der Waals surface area (Å²) < 4.78 is 44.4. The number of nitrogens with one attached hydrogen (secondary N) is 1. The van der Waals surface area contributed by atoms with Gasteiger partial charge in [-0.3, -0.25) is 9.59 Å². The molecule has 1 saturated carbocycles. The highest BCUT2D eigenvalue weighted by atomic mass is 35.5. The number of ketones is 1. The number of hydrogen-bond donors (Lipinski definition) is 2. The fourth-order valence-electron chi connectivity index (χ4n) is 4.31. The van der Waals surface area contributed by atoms with Gasteiger partial charge >= 0.3 is 6.18 Å². The standard InChI is InChI=1S/C25H18ClF3N2O3/c26-15-3-1-12-8-23(18(24(30)33)6-14(12)5-15)34-11-22(32)19-10-31-21-7-13(2-4-16(19)21)17-9-20(17)25(27,28)29/h1-8,10,17,20,31H,9,11H2,(H2,30,33). The van der Waals surface area contributed by atoms with Crippen molar-refractivity contribution in [2.75, 3.05) is 6.61 Å². The van der Waals surface area contributed by atoms with Crippen molar-refractivity contribution >= 4 is 45.0 Å². The molecule has 1 amide bonds. The highest BCUT2D eigenvalue weighted by Gasteiger charge is 2.56. The van der Waals surface area contributed by atoms with Crippen LogP contribution in [0.25, 0.3) is 21.7 Å². The second-order valence-electron chi connectivity index (χ2n) is 8.41. The summed E-state index contributed by atoms with van der Waals surface area (Å²) >= 11 is 6.01. The zero-order chi connectivity index (χ0) is 24.2. The van der Waals surface area contributed by atoms with E-state index in [-0.39, 0.29) is 30.1 Å². The van der Waals surface area contributed by atoms with Gasteiger partial charge in [-0.05, 0) is 59.0 Å². The summed E-state index contributed by atoms with van der Waals surface area (Å²) in [5, 5.41) is 2.55. The topological polar surface area (TPSA) is 85.2 Å². The molecule has 1 heterocycles. The average Bonchev–Trinajstić information content (AvgIpc) is 3.50. The molecule has 174 valence electrons. The molecule has 2 unspecified atom stereocenters. The molecule has 1 fully saturated rings. The van der Waals surface area contributed by atoms with Crippen LogP contribution in [0.5, 0.6) is 5.75 Å². The van der Waals surface area contributed by atoms with E-state index in [4.69, 9.17) is 22.1 Å². The first kappa shape index (κ1) is 22.3. The van der Waals surface area contributed by atoms with Crippen molar-refractivity contribution in [2.24, 2.45) is 11.7 Å². The molecule has 1 aliphatic rings. The number of H-pyrrole nitrogens is 1. The van der Waals surface area contributed by atoms with E-state index in [0.29, 0.717) is 32.4 Å². The van der Waals surface area contributed by atoms with Gasteiger partial charge in [-0.25, -0.2) is 0 Å². The Morgan fingerprint density at radius 1 is 1.06 bits per heavy atom. The predicted molar refractivity (Wildman–Crippen MR) is 123 cm³/mol. The van der Waals surface area contributed by atoms with E-state index >= 15 is 0 Å². The zero-order valence-electron chi connectivity index (χ0n) is 17.6. The Balaban J connectivity index is 1.36. The zero-order valence-corrected chi connectivity index (χ0v) is 18.3. The Morgan fingerprint density at radius 2 is 1.85 bits per heavy atom. The minimum Gasteiger partial charge on any atom is -0.485 e. The third-order valence-electron chi connectivity index (χ3n) is 6.17. The number of halogens is 4. The van der Waals surface area contributed by atoms with Gasteiger partial charge in [-0.2, -0.15) is 13.2 Å². The van der Waals surface area contributed by atoms with Crippen molar-refractivity contribution in [1.29, 1.82) is 0 Å². The Morgan fingerprint density at radius 3 is 2.56 bits per heavy atom. The number of benzene rings is 3. The van der Waals surface area contributed by atoms with Gasteiger partial charge in [0.2, 0.25) is 5.78 Å². The molecule has 3 aromatic carbocycles. The molecule has 1 aromatic heterocycles. The number of amides is 1. The number of nitrogens with two attached hydrogens (primary N) is 1. The fraction of sp³-hybridized carbons (Fsp3) is 0.200. The van der Waals surface area contributed by atoms with E-state index in [1.807, 2.05) is 0 Å². The number of alkyl halides is 3. The smallest absolute Gasteiger partial charge is 0.392 e. The second kappa shape index (κ2) is 8.06. The maximum absolute atomic E-state index is 12.9. The quantitative estimate of drug-likeness (QED) is 0.328. The predicted octanol–water partition coefficient (Wildman–Crippen LogP) is 6.00. The molecular formula is C25H18ClF3N2O3. The van der Waals surface area contributed by atoms with Gasteiger partial charge in [0, 0.05) is 27.7 Å². The number of ether oxygens (including phenoxy) is 1. The van der Waals surface area contributed by atoms with Crippen molar-refractivity contribution in [1.82, 2.24) is 4.98 Å². The highest BCUT2D eigenvalue weighted by molar-refractivity contribution is 6.31. The van der Waals surface area contributed by atoms with E-state index in [1.165, 1.54) is 6.20 Å². The van der Waals surface area contributed by atoms with Crippen LogP contribution in [-0.2, 0) is 0 Å². The van der Waals surface area contributed by atoms with Gasteiger partial charge in [0.25, 0.3) is 5.91 Å². The largest absolute Gasteiger partial charge is 0.485 e. The molecular weight excluding hydrogens is 469 g/mol. The van der Waals surface area contributed by atoms with Gasteiger partial charge in [0.05, 0.1) is 11.5 Å². The lowest BCUT2D eigenvalue weighted by Crippen LogP contribution is -2.16. The van der Waals surface area contributed by atoms with Gasteiger partial charge in [-0.15, -0.1) is 0 Å². The van der Waals surface area contributed by atoms with E-state index in [1.54, 1.807) is 48.5 Å². The summed E-state index contributed by atoms with van der Waals surface area (Å²) in [5.41, 5.74) is 7.12. The number of carbonyl (C=O) groups excluding carboxylic acids is 2. The van der Waals surface area contributed by atoms with E-state index < -0.39 is 23.9 Å². The Labute approximate surface area is 196 Å². The van der Waals surface area contributed by atoms with Gasteiger partial charge in [0.15, 0.2) is 6.61 Å². The van der Waals surface area contributed by atoms with E-state index in [9.17, 15) is 22.8 Å². The third-order valence-corrected chi connectivity index (χ3v) is 6.41. The van der Waals surface area contributed by atoms with Crippen LogP contribution in [0.3, 0.4) is 0 Å². The van der Waals surface area contributed by atoms with Crippen LogP contribution in [-0.4, -0.2) is 29.5 Å². The molecule has 0 radical (unpaired) electrons. The van der Waals surface area contributed by atoms with Gasteiger partial charge in [-0.1, -0.05) is 29.8 Å². The van der Waals surface area contributed by atoms with Crippen molar-refractivity contribution < 1.29 is 27.5 Å². The maximum atomic E-state index is 12.9. The number of carbonyl (C=O) groups is 2. The summed E-state index contributed by atoms with van der Waals surface area (Å²) in [6.45, 7) is -0.354. The first-order valence-corrected chi connectivity index (χ1v) is 10.9. The molecule has 0 aliphatic heterocycles. The number of fused-ring (bicyclic) bond motifs is 2. The highest BCUT2D eigenvalue weighted by Crippen LogP contribution is 2.56. The molecule has 5 rings (SSSR count). The molecule has 0 bridgehead atoms. The SMILES string of the molecule is NC(=O)c1cc2cc(Cl)ccc2cc1OCC(=O)c1c[nH]c2cc(C3CC3C(F)(F)F)ccc12. The Kier molecular flexibility index (Phi) is 5.28. The molecule has 0 spiro atoms. The lowest BCUT2D eigenvalue weighted by molar-refractivity contribution is -0.148. The molecule has 0 saturated heterocycles. The summed E-state index contributed by atoms with van der Waals surface area (Å²) in [4.78, 5) is 27.8. The summed E-state index contributed by atoms with van der Waals surface area (Å²) in [5.74, 6) is -2.76. The Bertz CT molecular complexity index is 1460. The first-order valence-electron chi connectivity index (χ1n) is 10.5. The normalized spacial score (nSPS) is 17.8. The molecule has 3 N–H and O–H groups in total. The van der Waals surface area contributed by atoms with Crippen molar-refractivity contribution in [3.8, 4) is 5.75 Å². The number of primary amides is 1. The molecule has 9 heteroatoms. The fourth-order valence-corrected chi connectivity index (χ4v) is 4.49. The van der Waals surface area contributed by atoms with E-state index in [0.717, 1.165) is 5.39 Å². The molecule has 1 aliphatic carbocycles. The van der Waals surface area contributed by atoms with Gasteiger partial charge in [0.1, 0.15) is 5.75 Å². The molecule has 4 aromatic rings. The first-order chi connectivity index (χ1) is 16.1. The van der Waals surface area contributed by atoms with Crippen LogP contribution >= 0.6 is 11.6 Å². The van der Waals surface area contributed by atoms with Gasteiger partial charge < -0.3 is 15.5 Å². The number of aromatic amines is 1. The van der Waals surface area contributed by atoms with Crippen LogP contribution in [0.15, 0.2) is 54.7 Å². The van der Waals surface area contributed by atoms with Crippen LogP contribution in [0.4, 0.5) is 13.2 Å². The van der Waals surface area contributed by atoms with Crippen LogP contribution in [0.2, 0.25) is 5.02 Å². The molecule has 34 heavy (non-hydrogen) atoms. The lowest BCUT2D eigenvalue weighted by Gasteiger charge is -2.11. The maximum Gasteiger partial charge on any atom is 0.392 e. The Hall–Kier alpha value is -3.52. The summed E-state index contributed by atoms with van der Waals surface area (Å²) in [6.07, 6.45) is -2.62. The lowest BCUT2D eigenvalue weighted by atomic mass is 10.0.